The van der Waals surface area contributed by atoms with E-state index in [-0.39, 0.29) is 18.0 Å². The molecule has 3 heterocycles. The summed E-state index contributed by atoms with van der Waals surface area (Å²) in [5.41, 5.74) is -0.0686. The van der Waals surface area contributed by atoms with Crippen LogP contribution in [0.15, 0.2) is 9.59 Å². The first-order valence-electron chi connectivity index (χ1n) is 9.44. The standard InChI is InChI=1S/C18H28N6O3/c1-20(2)12-13(25)23-10-8-6-5-7-9-11-24-14-15(19-17(23)24)21(3)18(27)22(4)16(14)26/h5-12H2,1-4H3. The molecule has 0 unspecified atom stereocenters. The molecule has 1 aliphatic heterocycles. The average molecular weight is 376 g/mol. The van der Waals surface area contributed by atoms with Gasteiger partial charge in [0.2, 0.25) is 11.9 Å². The highest BCUT2D eigenvalue weighted by molar-refractivity contribution is 5.94. The molecule has 0 atom stereocenters. The Balaban J connectivity index is 2.25. The summed E-state index contributed by atoms with van der Waals surface area (Å²) in [6.45, 7) is 1.43. The molecular weight excluding hydrogens is 348 g/mol. The SMILES string of the molecule is CN(C)CC(=O)N1CCCCCCCn2c1nc1c2c(=O)n(C)c(=O)n1C. The van der Waals surface area contributed by atoms with Gasteiger partial charge >= 0.3 is 5.69 Å². The van der Waals surface area contributed by atoms with Crippen LogP contribution in [-0.4, -0.2) is 56.7 Å². The van der Waals surface area contributed by atoms with Crippen molar-refractivity contribution in [3.63, 3.8) is 0 Å². The highest BCUT2D eigenvalue weighted by atomic mass is 16.2. The van der Waals surface area contributed by atoms with Crippen molar-refractivity contribution >= 4 is 23.0 Å². The van der Waals surface area contributed by atoms with E-state index in [2.05, 4.69) is 4.98 Å². The van der Waals surface area contributed by atoms with Crippen molar-refractivity contribution in [2.45, 2.75) is 38.6 Å². The zero-order valence-electron chi connectivity index (χ0n) is 16.6. The fourth-order valence-corrected chi connectivity index (χ4v) is 3.62. The van der Waals surface area contributed by atoms with Gasteiger partial charge in [-0.2, -0.15) is 4.98 Å². The lowest BCUT2D eigenvalue weighted by molar-refractivity contribution is -0.119. The molecule has 148 valence electrons. The number of carbonyl (C=O) groups is 1. The molecule has 0 bridgehead atoms. The van der Waals surface area contributed by atoms with Gasteiger partial charge in [-0.1, -0.05) is 19.3 Å². The molecule has 0 radical (unpaired) electrons. The number of imidazole rings is 1. The number of amides is 1. The maximum Gasteiger partial charge on any atom is 0.332 e. The highest BCUT2D eigenvalue weighted by Crippen LogP contribution is 2.23. The average Bonchev–Trinajstić information content (AvgIpc) is 2.99. The molecule has 9 nitrogen and oxygen atoms in total. The summed E-state index contributed by atoms with van der Waals surface area (Å²) in [6, 6.07) is 0. The van der Waals surface area contributed by atoms with E-state index in [1.165, 1.54) is 11.6 Å². The van der Waals surface area contributed by atoms with E-state index in [4.69, 9.17) is 0 Å². The Bertz CT molecular complexity index is 968. The largest absolute Gasteiger partial charge is 0.332 e. The summed E-state index contributed by atoms with van der Waals surface area (Å²) in [7, 11) is 6.78. The molecule has 27 heavy (non-hydrogen) atoms. The van der Waals surface area contributed by atoms with Crippen LogP contribution in [0.5, 0.6) is 0 Å². The first-order chi connectivity index (χ1) is 12.8. The van der Waals surface area contributed by atoms with Gasteiger partial charge in [0.05, 0.1) is 6.54 Å². The fraction of sp³-hybridized carbons (Fsp3) is 0.667. The van der Waals surface area contributed by atoms with Gasteiger partial charge < -0.3 is 9.47 Å². The maximum absolute atomic E-state index is 12.9. The number of hydrogen-bond acceptors (Lipinski definition) is 5. The normalized spacial score (nSPS) is 16.0. The van der Waals surface area contributed by atoms with Crippen LogP contribution < -0.4 is 16.1 Å². The van der Waals surface area contributed by atoms with Crippen LogP contribution in [0.3, 0.4) is 0 Å². The minimum atomic E-state index is -0.417. The second kappa shape index (κ2) is 7.67. The topological polar surface area (TPSA) is 85.4 Å². The summed E-state index contributed by atoms with van der Waals surface area (Å²) in [4.78, 5) is 46.1. The van der Waals surface area contributed by atoms with Gasteiger partial charge in [0.1, 0.15) is 0 Å². The first-order valence-corrected chi connectivity index (χ1v) is 9.44. The minimum absolute atomic E-state index is 0.0565. The van der Waals surface area contributed by atoms with Crippen LogP contribution in [0.2, 0.25) is 0 Å². The predicted octanol–water partition coefficient (Wildman–Crippen LogP) is 0.292. The number of carbonyl (C=O) groups excluding carboxylic acids is 1. The van der Waals surface area contributed by atoms with Crippen LogP contribution in [-0.2, 0) is 25.4 Å². The number of nitrogens with zero attached hydrogens (tertiary/aromatic N) is 6. The zero-order chi connectivity index (χ0) is 19.7. The van der Waals surface area contributed by atoms with Crippen molar-refractivity contribution in [3.8, 4) is 0 Å². The molecule has 3 rings (SSSR count). The van der Waals surface area contributed by atoms with Crippen molar-refractivity contribution in [2.24, 2.45) is 14.1 Å². The number of likely N-dealkylation sites (N-methyl/N-ethyl adjacent to an activating group) is 1. The van der Waals surface area contributed by atoms with E-state index in [9.17, 15) is 14.4 Å². The van der Waals surface area contributed by atoms with E-state index in [1.54, 1.807) is 11.9 Å². The lowest BCUT2D eigenvalue weighted by Crippen LogP contribution is -2.40. The van der Waals surface area contributed by atoms with Crippen molar-refractivity contribution in [1.82, 2.24) is 23.6 Å². The number of rotatable bonds is 2. The Hall–Kier alpha value is -2.42. The molecule has 9 heteroatoms. The van der Waals surface area contributed by atoms with Gasteiger partial charge in [-0.05, 0) is 26.9 Å². The second-order valence-electron chi connectivity index (χ2n) is 7.49. The molecule has 0 saturated heterocycles. The van der Waals surface area contributed by atoms with Gasteiger partial charge in [-0.3, -0.25) is 23.6 Å². The van der Waals surface area contributed by atoms with E-state index < -0.39 is 5.69 Å². The predicted molar refractivity (Wildman–Crippen MR) is 104 cm³/mol. The molecule has 0 fully saturated rings. The van der Waals surface area contributed by atoms with Crippen LogP contribution in [0, 0.1) is 0 Å². The minimum Gasteiger partial charge on any atom is -0.304 e. The van der Waals surface area contributed by atoms with Gasteiger partial charge in [-0.15, -0.1) is 0 Å². The third kappa shape index (κ3) is 3.55. The van der Waals surface area contributed by atoms with Gasteiger partial charge in [0.15, 0.2) is 11.2 Å². The first kappa shape index (κ1) is 19.3. The Labute approximate surface area is 157 Å². The summed E-state index contributed by atoms with van der Waals surface area (Å²) in [5.74, 6) is 0.413. The Morgan fingerprint density at radius 1 is 1.00 bits per heavy atom. The third-order valence-electron chi connectivity index (χ3n) is 5.09. The van der Waals surface area contributed by atoms with Crippen LogP contribution in [0.4, 0.5) is 5.95 Å². The lowest BCUT2D eigenvalue weighted by Gasteiger charge is -2.25. The molecule has 1 amide bonds. The molecule has 0 aliphatic carbocycles. The second-order valence-corrected chi connectivity index (χ2v) is 7.49. The summed E-state index contributed by atoms with van der Waals surface area (Å²) in [6.07, 6.45) is 5.02. The summed E-state index contributed by atoms with van der Waals surface area (Å²) >= 11 is 0. The number of fused-ring (bicyclic) bond motifs is 3. The Morgan fingerprint density at radius 2 is 1.63 bits per heavy atom. The van der Waals surface area contributed by atoms with Crippen molar-refractivity contribution in [3.05, 3.63) is 20.8 Å². The number of aryl methyl sites for hydroxylation is 2. The van der Waals surface area contributed by atoms with Crippen molar-refractivity contribution in [2.75, 3.05) is 32.1 Å². The molecule has 0 saturated carbocycles. The molecule has 1 aliphatic rings. The Kier molecular flexibility index (Phi) is 5.50. The van der Waals surface area contributed by atoms with Crippen molar-refractivity contribution in [1.29, 1.82) is 0 Å². The number of hydrogen-bond donors (Lipinski definition) is 0. The van der Waals surface area contributed by atoms with Crippen molar-refractivity contribution < 1.29 is 4.79 Å². The molecule has 0 spiro atoms. The molecule has 0 aromatic carbocycles. The highest BCUT2D eigenvalue weighted by Gasteiger charge is 2.26. The maximum atomic E-state index is 12.9. The van der Waals surface area contributed by atoms with E-state index in [0.717, 1.165) is 36.7 Å². The van der Waals surface area contributed by atoms with Crippen LogP contribution in [0.1, 0.15) is 32.1 Å². The van der Waals surface area contributed by atoms with Gasteiger partial charge in [0, 0.05) is 27.2 Å². The van der Waals surface area contributed by atoms with Crippen LogP contribution >= 0.6 is 0 Å². The smallest absolute Gasteiger partial charge is 0.304 e. The van der Waals surface area contributed by atoms with E-state index in [0.29, 0.717) is 30.2 Å². The quantitative estimate of drug-likeness (QED) is 0.752. The fourth-order valence-electron chi connectivity index (χ4n) is 3.62. The van der Waals surface area contributed by atoms with E-state index in [1.807, 2.05) is 23.6 Å². The third-order valence-corrected chi connectivity index (χ3v) is 5.09. The number of anilines is 1. The monoisotopic (exact) mass is 376 g/mol. The summed E-state index contributed by atoms with van der Waals surface area (Å²) < 4.78 is 4.31. The van der Waals surface area contributed by atoms with Crippen LogP contribution in [0.25, 0.3) is 11.2 Å². The Morgan fingerprint density at radius 3 is 2.30 bits per heavy atom. The zero-order valence-corrected chi connectivity index (χ0v) is 16.6. The summed E-state index contributed by atoms with van der Waals surface area (Å²) in [5, 5.41) is 0. The molecule has 2 aromatic heterocycles. The number of aromatic nitrogens is 4. The molecular formula is C18H28N6O3. The van der Waals surface area contributed by atoms with E-state index >= 15 is 0 Å². The van der Waals surface area contributed by atoms with Gasteiger partial charge in [0.25, 0.3) is 5.56 Å². The molecule has 2 aromatic rings. The lowest BCUT2D eigenvalue weighted by atomic mass is 10.1. The molecule has 0 N–H and O–H groups in total. The van der Waals surface area contributed by atoms with Gasteiger partial charge in [-0.25, -0.2) is 4.79 Å².